The van der Waals surface area contributed by atoms with Gasteiger partial charge in [-0.2, -0.15) is 5.10 Å². The Kier molecular flexibility index (Phi) is 7.82. The zero-order valence-corrected chi connectivity index (χ0v) is 20.5. The Balaban J connectivity index is 1.55. The summed E-state index contributed by atoms with van der Waals surface area (Å²) in [6.07, 6.45) is 2.28. The molecule has 1 atom stereocenters. The Morgan fingerprint density at radius 3 is 2.26 bits per heavy atom. The predicted octanol–water partition coefficient (Wildman–Crippen LogP) is 6.06. The molecule has 3 aromatic carbocycles. The highest BCUT2D eigenvalue weighted by Crippen LogP contribution is 2.37. The molecule has 0 aliphatic rings. The van der Waals surface area contributed by atoms with Crippen LogP contribution in [0.3, 0.4) is 0 Å². The van der Waals surface area contributed by atoms with Crippen LogP contribution < -0.4 is 5.32 Å². The Morgan fingerprint density at radius 2 is 1.62 bits per heavy atom. The number of halogens is 1. The van der Waals surface area contributed by atoms with Crippen LogP contribution in [0.15, 0.2) is 100 Å². The molecule has 0 spiro atoms. The molecule has 0 radical (unpaired) electrons. The molecule has 1 unspecified atom stereocenters. The van der Waals surface area contributed by atoms with Gasteiger partial charge in [0.15, 0.2) is 5.69 Å². The van der Waals surface area contributed by atoms with E-state index in [2.05, 4.69) is 26.3 Å². The molecule has 0 saturated heterocycles. The van der Waals surface area contributed by atoms with Gasteiger partial charge in [0.05, 0.1) is 5.69 Å². The number of nitrogens with one attached hydrogen (secondary N) is 1. The van der Waals surface area contributed by atoms with Crippen LogP contribution in [0.5, 0.6) is 0 Å². The highest BCUT2D eigenvalue weighted by atomic mass is 79.9. The molecule has 2 N–H and O–H groups in total. The molecular formula is C26H22BrN3O3S. The number of benzene rings is 3. The maximum atomic E-state index is 13.4. The van der Waals surface area contributed by atoms with Crippen molar-refractivity contribution in [3.63, 3.8) is 0 Å². The molecule has 6 nitrogen and oxygen atoms in total. The van der Waals surface area contributed by atoms with Crippen molar-refractivity contribution in [2.24, 2.45) is 0 Å². The molecule has 1 amide bonds. The van der Waals surface area contributed by atoms with E-state index in [0.29, 0.717) is 13.0 Å². The predicted molar refractivity (Wildman–Crippen MR) is 137 cm³/mol. The van der Waals surface area contributed by atoms with Crippen LogP contribution in [0.4, 0.5) is 5.69 Å². The minimum atomic E-state index is -1.19. The van der Waals surface area contributed by atoms with Crippen molar-refractivity contribution in [1.82, 2.24) is 9.78 Å². The van der Waals surface area contributed by atoms with Gasteiger partial charge < -0.3 is 10.4 Å². The van der Waals surface area contributed by atoms with Gasteiger partial charge in [-0.15, -0.1) is 11.8 Å². The molecule has 172 valence electrons. The third kappa shape index (κ3) is 6.15. The minimum absolute atomic E-state index is 0.179. The van der Waals surface area contributed by atoms with E-state index in [1.807, 2.05) is 84.9 Å². The Bertz CT molecular complexity index is 1260. The quantitative estimate of drug-likeness (QED) is 0.254. The lowest BCUT2D eigenvalue weighted by Crippen LogP contribution is -2.20. The summed E-state index contributed by atoms with van der Waals surface area (Å²) < 4.78 is 2.51. The summed E-state index contributed by atoms with van der Waals surface area (Å²) in [7, 11) is 0. The summed E-state index contributed by atoms with van der Waals surface area (Å²) in [5.41, 5.74) is 1.95. The highest BCUT2D eigenvalue weighted by molar-refractivity contribution is 9.10. The first kappa shape index (κ1) is 23.8. The smallest absolute Gasteiger partial charge is 0.358 e. The van der Waals surface area contributed by atoms with E-state index in [-0.39, 0.29) is 17.3 Å². The second-order valence-electron chi connectivity index (χ2n) is 7.55. The summed E-state index contributed by atoms with van der Waals surface area (Å²) in [5.74, 6) is -1.50. The number of carboxylic acid groups (broad SMARTS) is 1. The van der Waals surface area contributed by atoms with E-state index in [4.69, 9.17) is 0 Å². The minimum Gasteiger partial charge on any atom is -0.476 e. The Morgan fingerprint density at radius 1 is 0.971 bits per heavy atom. The van der Waals surface area contributed by atoms with Gasteiger partial charge in [-0.3, -0.25) is 9.48 Å². The van der Waals surface area contributed by atoms with E-state index in [9.17, 15) is 14.7 Å². The van der Waals surface area contributed by atoms with Crippen LogP contribution in [-0.4, -0.2) is 26.8 Å². The van der Waals surface area contributed by atoms with Gasteiger partial charge in [-0.1, -0.05) is 76.6 Å². The lowest BCUT2D eigenvalue weighted by atomic mass is 10.1. The van der Waals surface area contributed by atoms with Crippen LogP contribution in [0.25, 0.3) is 0 Å². The van der Waals surface area contributed by atoms with Gasteiger partial charge in [0.1, 0.15) is 5.25 Å². The van der Waals surface area contributed by atoms with Crippen molar-refractivity contribution in [2.75, 3.05) is 5.32 Å². The molecule has 0 fully saturated rings. The largest absolute Gasteiger partial charge is 0.476 e. The first-order chi connectivity index (χ1) is 16.5. The summed E-state index contributed by atoms with van der Waals surface area (Å²) in [6, 6.07) is 27.0. The average Bonchev–Trinajstić information content (AvgIpc) is 3.26. The maximum Gasteiger partial charge on any atom is 0.358 e. The third-order valence-electron chi connectivity index (χ3n) is 5.10. The number of aromatic carboxylic acids is 1. The van der Waals surface area contributed by atoms with Gasteiger partial charge in [0.2, 0.25) is 5.91 Å². The van der Waals surface area contributed by atoms with Gasteiger partial charge in [0.25, 0.3) is 0 Å². The SMILES string of the molecule is O=C(O)c1nn(CCc2ccccc2)cc1NC(=O)C(Sc1ccc(Br)cc1)c1ccccc1. The van der Waals surface area contributed by atoms with E-state index >= 15 is 0 Å². The normalized spacial score (nSPS) is 11.7. The van der Waals surface area contributed by atoms with Crippen molar-refractivity contribution in [1.29, 1.82) is 0 Å². The van der Waals surface area contributed by atoms with E-state index in [1.54, 1.807) is 10.9 Å². The third-order valence-corrected chi connectivity index (χ3v) is 6.90. The van der Waals surface area contributed by atoms with Gasteiger partial charge >= 0.3 is 5.97 Å². The van der Waals surface area contributed by atoms with Gasteiger partial charge in [0, 0.05) is 22.1 Å². The summed E-state index contributed by atoms with van der Waals surface area (Å²) in [6.45, 7) is 0.496. The number of carboxylic acids is 1. The zero-order chi connectivity index (χ0) is 23.9. The number of thioether (sulfide) groups is 1. The number of carbonyl (C=O) groups is 2. The van der Waals surface area contributed by atoms with Gasteiger partial charge in [-0.25, -0.2) is 4.79 Å². The average molecular weight is 536 g/mol. The first-order valence-corrected chi connectivity index (χ1v) is 12.3. The number of amides is 1. The van der Waals surface area contributed by atoms with Crippen LogP contribution >= 0.6 is 27.7 Å². The molecule has 0 bridgehead atoms. The van der Waals surface area contributed by atoms with Crippen molar-refractivity contribution in [3.05, 3.63) is 112 Å². The number of aryl methyl sites for hydroxylation is 2. The van der Waals surface area contributed by atoms with Crippen molar-refractivity contribution in [3.8, 4) is 0 Å². The van der Waals surface area contributed by atoms with E-state index in [0.717, 1.165) is 20.5 Å². The van der Waals surface area contributed by atoms with Crippen molar-refractivity contribution >= 4 is 45.3 Å². The van der Waals surface area contributed by atoms with Gasteiger partial charge in [-0.05, 0) is 41.8 Å². The van der Waals surface area contributed by atoms with E-state index < -0.39 is 11.2 Å². The summed E-state index contributed by atoms with van der Waals surface area (Å²) in [4.78, 5) is 26.1. The molecule has 0 aliphatic heterocycles. The van der Waals surface area contributed by atoms with Crippen molar-refractivity contribution in [2.45, 2.75) is 23.1 Å². The number of aromatic nitrogens is 2. The standard InChI is InChI=1S/C26H22BrN3O3S/c27-20-11-13-21(14-12-20)34-24(19-9-5-2-6-10-19)25(31)28-22-17-30(29-23(22)26(32)33)16-15-18-7-3-1-4-8-18/h1-14,17,24H,15-16H2,(H,28,31)(H,32,33). The lowest BCUT2D eigenvalue weighted by Gasteiger charge is -2.17. The molecule has 1 heterocycles. The zero-order valence-electron chi connectivity index (χ0n) is 18.1. The van der Waals surface area contributed by atoms with E-state index in [1.165, 1.54) is 11.8 Å². The molecule has 0 saturated carbocycles. The molecule has 34 heavy (non-hydrogen) atoms. The van der Waals surface area contributed by atoms with Crippen LogP contribution in [-0.2, 0) is 17.8 Å². The molecule has 4 aromatic rings. The molecule has 0 aliphatic carbocycles. The maximum absolute atomic E-state index is 13.4. The Labute approximate surface area is 210 Å². The lowest BCUT2D eigenvalue weighted by molar-refractivity contribution is -0.115. The van der Waals surface area contributed by atoms with Crippen LogP contribution in [0, 0.1) is 0 Å². The number of nitrogens with zero attached hydrogens (tertiary/aromatic N) is 2. The summed E-state index contributed by atoms with van der Waals surface area (Å²) >= 11 is 4.83. The number of carbonyl (C=O) groups excluding carboxylic acids is 1. The van der Waals surface area contributed by atoms with Crippen LogP contribution in [0.1, 0.15) is 26.9 Å². The first-order valence-electron chi connectivity index (χ1n) is 10.6. The van der Waals surface area contributed by atoms with Crippen LogP contribution in [0.2, 0.25) is 0 Å². The number of hydrogen-bond acceptors (Lipinski definition) is 4. The fourth-order valence-electron chi connectivity index (χ4n) is 3.42. The number of hydrogen-bond donors (Lipinski definition) is 2. The second kappa shape index (κ2) is 11.2. The second-order valence-corrected chi connectivity index (χ2v) is 9.64. The molecule has 1 aromatic heterocycles. The fraction of sp³-hybridized carbons (Fsp3) is 0.115. The fourth-order valence-corrected chi connectivity index (χ4v) is 4.71. The summed E-state index contributed by atoms with van der Waals surface area (Å²) in [5, 5.41) is 16.1. The molecule has 4 rings (SSSR count). The molecular weight excluding hydrogens is 514 g/mol. The monoisotopic (exact) mass is 535 g/mol. The molecule has 8 heteroatoms. The Hall–Kier alpha value is -3.36. The van der Waals surface area contributed by atoms with Crippen molar-refractivity contribution < 1.29 is 14.7 Å². The highest BCUT2D eigenvalue weighted by Gasteiger charge is 2.25. The number of anilines is 1. The number of rotatable bonds is 9. The topological polar surface area (TPSA) is 84.2 Å².